The molecule has 0 aromatic heterocycles. The molecule has 15 heavy (non-hydrogen) atoms. The molecule has 0 fully saturated rings. The summed E-state index contributed by atoms with van der Waals surface area (Å²) in [6.45, 7) is 6.73. The van der Waals surface area contributed by atoms with Crippen LogP contribution in [0.15, 0.2) is 0 Å². The molecular formula is C10H20N2O3. The van der Waals surface area contributed by atoms with E-state index in [0.717, 1.165) is 0 Å². The van der Waals surface area contributed by atoms with Crippen LogP contribution in [0.4, 0.5) is 0 Å². The third-order valence-corrected chi connectivity index (χ3v) is 2.00. The van der Waals surface area contributed by atoms with Gasteiger partial charge in [0.15, 0.2) is 0 Å². The number of ether oxygens (including phenoxy) is 1. The molecule has 0 saturated carbocycles. The van der Waals surface area contributed by atoms with Crippen molar-refractivity contribution in [3.8, 4) is 0 Å². The fourth-order valence-corrected chi connectivity index (χ4v) is 1.19. The maximum atomic E-state index is 11.1. The first-order valence-corrected chi connectivity index (χ1v) is 5.15. The highest BCUT2D eigenvalue weighted by Gasteiger charge is 2.13. The van der Waals surface area contributed by atoms with Crippen LogP contribution in [0, 0.1) is 0 Å². The Morgan fingerprint density at radius 2 is 2.00 bits per heavy atom. The number of nitrogens with two attached hydrogens (primary N) is 1. The molecular weight excluding hydrogens is 196 g/mol. The quantitative estimate of drug-likeness (QED) is 0.614. The van der Waals surface area contributed by atoms with Crippen molar-refractivity contribution in [2.75, 3.05) is 19.7 Å². The molecule has 0 bridgehead atoms. The van der Waals surface area contributed by atoms with Gasteiger partial charge < -0.3 is 10.5 Å². The first-order valence-electron chi connectivity index (χ1n) is 5.15. The zero-order valence-corrected chi connectivity index (χ0v) is 9.66. The van der Waals surface area contributed by atoms with Gasteiger partial charge >= 0.3 is 5.97 Å². The molecule has 0 radical (unpaired) electrons. The van der Waals surface area contributed by atoms with E-state index in [4.69, 9.17) is 10.5 Å². The molecule has 0 aliphatic heterocycles. The number of hydrogen-bond donors (Lipinski definition) is 1. The van der Waals surface area contributed by atoms with Gasteiger partial charge in [-0.25, -0.2) is 0 Å². The van der Waals surface area contributed by atoms with E-state index in [1.807, 2.05) is 18.7 Å². The molecule has 5 nitrogen and oxygen atoms in total. The van der Waals surface area contributed by atoms with Gasteiger partial charge in [0, 0.05) is 12.6 Å². The van der Waals surface area contributed by atoms with Crippen LogP contribution in [0.5, 0.6) is 0 Å². The van der Waals surface area contributed by atoms with E-state index in [0.29, 0.717) is 19.6 Å². The van der Waals surface area contributed by atoms with Crippen LogP contribution in [0.2, 0.25) is 0 Å². The van der Waals surface area contributed by atoms with Gasteiger partial charge in [0.25, 0.3) is 0 Å². The van der Waals surface area contributed by atoms with Crippen LogP contribution in [0.25, 0.3) is 0 Å². The van der Waals surface area contributed by atoms with Crippen molar-refractivity contribution >= 4 is 11.9 Å². The Morgan fingerprint density at radius 1 is 1.40 bits per heavy atom. The molecule has 0 unspecified atom stereocenters. The lowest BCUT2D eigenvalue weighted by Crippen LogP contribution is -2.39. The van der Waals surface area contributed by atoms with E-state index in [1.54, 1.807) is 6.92 Å². The largest absolute Gasteiger partial charge is 0.466 e. The Hall–Kier alpha value is -1.10. The van der Waals surface area contributed by atoms with Gasteiger partial charge in [-0.2, -0.15) is 0 Å². The van der Waals surface area contributed by atoms with Gasteiger partial charge in [-0.3, -0.25) is 14.5 Å². The summed E-state index contributed by atoms with van der Waals surface area (Å²) in [7, 11) is 0. The molecule has 88 valence electrons. The summed E-state index contributed by atoms with van der Waals surface area (Å²) in [5.74, 6) is -0.625. The summed E-state index contributed by atoms with van der Waals surface area (Å²) >= 11 is 0. The topological polar surface area (TPSA) is 72.6 Å². The van der Waals surface area contributed by atoms with E-state index in [-0.39, 0.29) is 24.5 Å². The van der Waals surface area contributed by atoms with Crippen LogP contribution in [0.1, 0.15) is 27.2 Å². The second-order valence-electron chi connectivity index (χ2n) is 3.59. The minimum Gasteiger partial charge on any atom is -0.466 e. The van der Waals surface area contributed by atoms with Crippen molar-refractivity contribution in [3.05, 3.63) is 0 Å². The van der Waals surface area contributed by atoms with Crippen molar-refractivity contribution in [2.45, 2.75) is 33.2 Å². The van der Waals surface area contributed by atoms with Crippen LogP contribution in [-0.2, 0) is 14.3 Å². The summed E-state index contributed by atoms with van der Waals surface area (Å²) in [6, 6.07) is 0.187. The molecule has 5 heteroatoms. The number of amides is 1. The summed E-state index contributed by atoms with van der Waals surface area (Å²) < 4.78 is 4.80. The van der Waals surface area contributed by atoms with Gasteiger partial charge in [-0.05, 0) is 20.8 Å². The van der Waals surface area contributed by atoms with E-state index in [1.165, 1.54) is 0 Å². The Labute approximate surface area is 90.6 Å². The highest BCUT2D eigenvalue weighted by Crippen LogP contribution is 2.00. The Bertz CT molecular complexity index is 217. The lowest BCUT2D eigenvalue weighted by molar-refractivity contribution is -0.143. The molecule has 0 rings (SSSR count). The maximum absolute atomic E-state index is 11.1. The lowest BCUT2D eigenvalue weighted by atomic mass is 10.3. The Kier molecular flexibility index (Phi) is 6.70. The molecule has 0 aromatic carbocycles. The molecule has 0 atom stereocenters. The first kappa shape index (κ1) is 13.9. The summed E-state index contributed by atoms with van der Waals surface area (Å²) in [4.78, 5) is 23.7. The first-order chi connectivity index (χ1) is 6.97. The van der Waals surface area contributed by atoms with Gasteiger partial charge in [-0.15, -0.1) is 0 Å². The van der Waals surface area contributed by atoms with Crippen molar-refractivity contribution in [3.63, 3.8) is 0 Å². The van der Waals surface area contributed by atoms with Gasteiger partial charge in [0.2, 0.25) is 5.91 Å². The number of esters is 1. The van der Waals surface area contributed by atoms with Crippen LogP contribution < -0.4 is 5.73 Å². The van der Waals surface area contributed by atoms with Gasteiger partial charge in [-0.1, -0.05) is 0 Å². The number of nitrogens with zero attached hydrogens (tertiary/aromatic N) is 1. The smallest absolute Gasteiger partial charge is 0.307 e. The van der Waals surface area contributed by atoms with Crippen LogP contribution >= 0.6 is 0 Å². The third-order valence-electron chi connectivity index (χ3n) is 2.00. The van der Waals surface area contributed by atoms with E-state index >= 15 is 0 Å². The molecule has 0 saturated heterocycles. The normalized spacial score (nSPS) is 10.7. The number of rotatable bonds is 7. The summed E-state index contributed by atoms with van der Waals surface area (Å²) in [6.07, 6.45) is 0.291. The highest BCUT2D eigenvalue weighted by atomic mass is 16.5. The Balaban J connectivity index is 3.96. The van der Waals surface area contributed by atoms with Crippen molar-refractivity contribution < 1.29 is 14.3 Å². The summed E-state index contributed by atoms with van der Waals surface area (Å²) in [5, 5.41) is 0. The maximum Gasteiger partial charge on any atom is 0.307 e. The average Bonchev–Trinajstić information content (AvgIpc) is 2.11. The molecule has 0 aliphatic rings. The molecule has 0 aliphatic carbocycles. The van der Waals surface area contributed by atoms with Crippen molar-refractivity contribution in [1.29, 1.82) is 0 Å². The van der Waals surface area contributed by atoms with E-state index < -0.39 is 0 Å². The molecule has 0 heterocycles. The molecule has 0 spiro atoms. The molecule has 1 amide bonds. The number of hydrogen-bond acceptors (Lipinski definition) is 4. The summed E-state index contributed by atoms with van der Waals surface area (Å²) in [5.41, 5.74) is 5.10. The van der Waals surface area contributed by atoms with Crippen molar-refractivity contribution in [2.24, 2.45) is 5.73 Å². The van der Waals surface area contributed by atoms with Gasteiger partial charge in [0.05, 0.1) is 19.6 Å². The zero-order valence-electron chi connectivity index (χ0n) is 9.66. The van der Waals surface area contributed by atoms with Crippen molar-refractivity contribution in [1.82, 2.24) is 4.90 Å². The number of carbonyl (C=O) groups excluding carboxylic acids is 2. The number of carbonyl (C=O) groups is 2. The number of primary amides is 1. The minimum absolute atomic E-state index is 0.178. The Morgan fingerprint density at radius 3 is 2.40 bits per heavy atom. The highest BCUT2D eigenvalue weighted by molar-refractivity contribution is 5.76. The minimum atomic E-state index is -0.382. The zero-order chi connectivity index (χ0) is 11.8. The lowest BCUT2D eigenvalue weighted by Gasteiger charge is -2.24. The predicted molar refractivity (Wildman–Crippen MR) is 57.2 cm³/mol. The second kappa shape index (κ2) is 7.23. The fourth-order valence-electron chi connectivity index (χ4n) is 1.19. The third kappa shape index (κ3) is 6.90. The van der Waals surface area contributed by atoms with Crippen LogP contribution in [0.3, 0.4) is 0 Å². The monoisotopic (exact) mass is 216 g/mol. The average molecular weight is 216 g/mol. The standard InChI is InChI=1S/C10H20N2O3/c1-4-15-10(14)5-6-12(8(2)3)7-9(11)13/h8H,4-7H2,1-3H3,(H2,11,13). The van der Waals surface area contributed by atoms with E-state index in [9.17, 15) is 9.59 Å². The second-order valence-corrected chi connectivity index (χ2v) is 3.59. The fraction of sp³-hybridized carbons (Fsp3) is 0.800. The van der Waals surface area contributed by atoms with E-state index in [2.05, 4.69) is 0 Å². The SMILES string of the molecule is CCOC(=O)CCN(CC(N)=O)C(C)C. The predicted octanol–water partition coefficient (Wildman–Crippen LogP) is 0.135. The van der Waals surface area contributed by atoms with Crippen LogP contribution in [-0.4, -0.2) is 42.5 Å². The van der Waals surface area contributed by atoms with Gasteiger partial charge in [0.1, 0.15) is 0 Å². The molecule has 2 N–H and O–H groups in total. The molecule has 0 aromatic rings.